The lowest BCUT2D eigenvalue weighted by Crippen LogP contribution is -2.26. The Kier molecular flexibility index (Phi) is 7.20. The molecule has 134 valence electrons. The number of hydrogen-bond acceptors (Lipinski definition) is 4. The van der Waals surface area contributed by atoms with Crippen LogP contribution in [0.2, 0.25) is 0 Å². The molecule has 1 fully saturated rings. The topological polar surface area (TPSA) is 75.7 Å². The van der Waals surface area contributed by atoms with E-state index in [-0.39, 0.29) is 10.8 Å². The Morgan fingerprint density at radius 1 is 1.17 bits per heavy atom. The molecule has 2 rings (SSSR count). The second-order valence-electron chi connectivity index (χ2n) is 5.86. The first-order chi connectivity index (χ1) is 11.5. The molecule has 0 unspecified atom stereocenters. The van der Waals surface area contributed by atoms with Crippen LogP contribution in [-0.4, -0.2) is 40.6 Å². The number of nitrogens with zero attached hydrogens (tertiary/aromatic N) is 1. The Balaban J connectivity index is 1.82. The van der Waals surface area contributed by atoms with Crippen LogP contribution in [-0.2, 0) is 19.6 Å². The molecule has 1 aromatic carbocycles. The molecular weight excluding hydrogens is 328 g/mol. The highest BCUT2D eigenvalue weighted by Crippen LogP contribution is 2.22. The van der Waals surface area contributed by atoms with E-state index in [2.05, 4.69) is 11.6 Å². The largest absolute Gasteiger partial charge is 0.381 e. The molecule has 0 atom stereocenters. The number of anilines is 1. The molecule has 1 aromatic rings. The first kappa shape index (κ1) is 18.9. The minimum atomic E-state index is -3.52. The Morgan fingerprint density at radius 2 is 1.88 bits per heavy atom. The van der Waals surface area contributed by atoms with Gasteiger partial charge in [-0.1, -0.05) is 13.3 Å². The van der Waals surface area contributed by atoms with Crippen molar-refractivity contribution < 1.29 is 17.9 Å². The van der Waals surface area contributed by atoms with E-state index in [1.54, 1.807) is 29.2 Å². The average Bonchev–Trinajstić information content (AvgIpc) is 3.00. The summed E-state index contributed by atoms with van der Waals surface area (Å²) < 4.78 is 32.4. The van der Waals surface area contributed by atoms with E-state index in [9.17, 15) is 13.2 Å². The lowest BCUT2D eigenvalue weighted by Gasteiger charge is -2.16. The summed E-state index contributed by atoms with van der Waals surface area (Å²) in [6.45, 7) is 4.42. The van der Waals surface area contributed by atoms with Crippen LogP contribution in [0.15, 0.2) is 29.2 Å². The summed E-state index contributed by atoms with van der Waals surface area (Å²) in [5.74, 6) is 0.0896. The first-order valence-corrected chi connectivity index (χ1v) is 10.0. The minimum absolute atomic E-state index is 0.0896. The molecule has 0 saturated carbocycles. The zero-order chi connectivity index (χ0) is 17.4. The van der Waals surface area contributed by atoms with Crippen LogP contribution in [0.1, 0.15) is 39.0 Å². The molecule has 0 spiro atoms. The van der Waals surface area contributed by atoms with Gasteiger partial charge in [0.1, 0.15) is 0 Å². The molecule has 1 heterocycles. The number of rotatable bonds is 10. The van der Waals surface area contributed by atoms with E-state index in [1.807, 2.05) is 0 Å². The fourth-order valence-electron chi connectivity index (χ4n) is 2.54. The standard InChI is InChI=1S/C17H26N2O4S/c1-2-3-13-23-14-5-11-18-24(21,22)16-9-7-15(8-10-16)19-12-4-6-17(19)20/h7-10,18H,2-6,11-14H2,1H3. The van der Waals surface area contributed by atoms with Crippen molar-refractivity contribution in [2.45, 2.75) is 43.9 Å². The van der Waals surface area contributed by atoms with Crippen LogP contribution in [0.3, 0.4) is 0 Å². The molecule has 1 aliphatic heterocycles. The third kappa shape index (κ3) is 5.29. The zero-order valence-electron chi connectivity index (χ0n) is 14.2. The van der Waals surface area contributed by atoms with E-state index >= 15 is 0 Å². The summed E-state index contributed by atoms with van der Waals surface area (Å²) >= 11 is 0. The Morgan fingerprint density at radius 3 is 2.50 bits per heavy atom. The molecule has 0 radical (unpaired) electrons. The third-order valence-corrected chi connectivity index (χ3v) is 5.41. The van der Waals surface area contributed by atoms with Gasteiger partial charge in [-0.05, 0) is 43.5 Å². The van der Waals surface area contributed by atoms with Gasteiger partial charge >= 0.3 is 0 Å². The summed E-state index contributed by atoms with van der Waals surface area (Å²) in [6, 6.07) is 6.46. The minimum Gasteiger partial charge on any atom is -0.381 e. The van der Waals surface area contributed by atoms with Crippen LogP contribution in [0, 0.1) is 0 Å². The number of sulfonamides is 1. The SMILES string of the molecule is CCCCOCCCNS(=O)(=O)c1ccc(N2CCCC2=O)cc1. The predicted octanol–water partition coefficient (Wildman–Crippen LogP) is 2.30. The fourth-order valence-corrected chi connectivity index (χ4v) is 3.61. The zero-order valence-corrected chi connectivity index (χ0v) is 15.0. The molecular formula is C17H26N2O4S. The van der Waals surface area contributed by atoms with Gasteiger partial charge in [-0.15, -0.1) is 0 Å². The van der Waals surface area contributed by atoms with Crippen molar-refractivity contribution in [3.05, 3.63) is 24.3 Å². The van der Waals surface area contributed by atoms with Gasteiger partial charge in [-0.2, -0.15) is 0 Å². The first-order valence-electron chi connectivity index (χ1n) is 8.52. The highest BCUT2D eigenvalue weighted by Gasteiger charge is 2.22. The normalized spacial score (nSPS) is 15.2. The van der Waals surface area contributed by atoms with E-state index in [1.165, 1.54) is 0 Å². The van der Waals surface area contributed by atoms with Crippen LogP contribution < -0.4 is 9.62 Å². The summed E-state index contributed by atoms with van der Waals surface area (Å²) in [7, 11) is -3.52. The highest BCUT2D eigenvalue weighted by atomic mass is 32.2. The lowest BCUT2D eigenvalue weighted by atomic mass is 10.3. The van der Waals surface area contributed by atoms with Crippen molar-refractivity contribution >= 4 is 21.6 Å². The van der Waals surface area contributed by atoms with Crippen LogP contribution in [0.25, 0.3) is 0 Å². The number of ether oxygens (including phenoxy) is 1. The quantitative estimate of drug-likeness (QED) is 0.654. The van der Waals surface area contributed by atoms with E-state index in [4.69, 9.17) is 4.74 Å². The number of unbranched alkanes of at least 4 members (excludes halogenated alkanes) is 1. The van der Waals surface area contributed by atoms with Crippen molar-refractivity contribution in [1.82, 2.24) is 4.72 Å². The molecule has 7 heteroatoms. The monoisotopic (exact) mass is 354 g/mol. The van der Waals surface area contributed by atoms with Gasteiger partial charge in [0.25, 0.3) is 0 Å². The summed E-state index contributed by atoms with van der Waals surface area (Å²) in [4.78, 5) is 13.6. The number of carbonyl (C=O) groups excluding carboxylic acids is 1. The Bertz CT molecular complexity index is 628. The number of hydrogen-bond donors (Lipinski definition) is 1. The number of benzene rings is 1. The second kappa shape index (κ2) is 9.15. The van der Waals surface area contributed by atoms with Gasteiger partial charge in [-0.3, -0.25) is 4.79 Å². The van der Waals surface area contributed by atoms with Gasteiger partial charge in [0.15, 0.2) is 0 Å². The van der Waals surface area contributed by atoms with E-state index in [0.717, 1.165) is 31.6 Å². The maximum Gasteiger partial charge on any atom is 0.240 e. The molecule has 0 aromatic heterocycles. The Labute approximate surface area is 144 Å². The number of amides is 1. The van der Waals surface area contributed by atoms with Crippen molar-refractivity contribution in [1.29, 1.82) is 0 Å². The molecule has 1 saturated heterocycles. The highest BCUT2D eigenvalue weighted by molar-refractivity contribution is 7.89. The van der Waals surface area contributed by atoms with E-state index < -0.39 is 10.0 Å². The summed E-state index contributed by atoms with van der Waals surface area (Å²) in [5.41, 5.74) is 0.751. The van der Waals surface area contributed by atoms with Gasteiger partial charge in [0, 0.05) is 38.4 Å². The molecule has 24 heavy (non-hydrogen) atoms. The molecule has 0 bridgehead atoms. The maximum atomic E-state index is 12.2. The van der Waals surface area contributed by atoms with Gasteiger partial charge in [-0.25, -0.2) is 13.1 Å². The van der Waals surface area contributed by atoms with Gasteiger partial charge in [0.05, 0.1) is 4.90 Å². The van der Waals surface area contributed by atoms with Crippen molar-refractivity contribution in [3.8, 4) is 0 Å². The van der Waals surface area contributed by atoms with Crippen molar-refractivity contribution in [3.63, 3.8) is 0 Å². The molecule has 6 nitrogen and oxygen atoms in total. The van der Waals surface area contributed by atoms with Crippen molar-refractivity contribution in [2.24, 2.45) is 0 Å². The van der Waals surface area contributed by atoms with Crippen LogP contribution in [0.5, 0.6) is 0 Å². The molecule has 1 amide bonds. The van der Waals surface area contributed by atoms with Gasteiger partial charge < -0.3 is 9.64 Å². The molecule has 1 N–H and O–H groups in total. The Hall–Kier alpha value is -1.44. The fraction of sp³-hybridized carbons (Fsp3) is 0.588. The smallest absolute Gasteiger partial charge is 0.240 e. The maximum absolute atomic E-state index is 12.2. The average molecular weight is 354 g/mol. The third-order valence-electron chi connectivity index (χ3n) is 3.93. The number of nitrogens with one attached hydrogen (secondary N) is 1. The summed E-state index contributed by atoms with van der Waals surface area (Å²) in [6.07, 6.45) is 4.16. The molecule has 1 aliphatic rings. The van der Waals surface area contributed by atoms with Gasteiger partial charge in [0.2, 0.25) is 15.9 Å². The predicted molar refractivity (Wildman–Crippen MR) is 93.6 cm³/mol. The second-order valence-corrected chi connectivity index (χ2v) is 7.63. The molecule has 0 aliphatic carbocycles. The summed E-state index contributed by atoms with van der Waals surface area (Å²) in [5, 5.41) is 0. The van der Waals surface area contributed by atoms with Crippen molar-refractivity contribution in [2.75, 3.05) is 31.2 Å². The lowest BCUT2D eigenvalue weighted by molar-refractivity contribution is -0.117. The number of carbonyl (C=O) groups is 1. The van der Waals surface area contributed by atoms with Crippen LogP contribution >= 0.6 is 0 Å². The van der Waals surface area contributed by atoms with E-state index in [0.29, 0.717) is 32.5 Å². The van der Waals surface area contributed by atoms with Crippen LogP contribution in [0.4, 0.5) is 5.69 Å².